The van der Waals surface area contributed by atoms with Crippen molar-refractivity contribution in [3.05, 3.63) is 33.3 Å². The summed E-state index contributed by atoms with van der Waals surface area (Å²) in [4.78, 5) is 0. The van der Waals surface area contributed by atoms with Gasteiger partial charge in [0, 0.05) is 27.7 Å². The topological polar surface area (TPSA) is 49.5 Å². The van der Waals surface area contributed by atoms with E-state index in [4.69, 9.17) is 34.2 Å². The number of halogens is 2. The Hall–Kier alpha value is -0.320. The number of hydrazine groups is 1. The molecule has 0 spiro atoms. The van der Waals surface area contributed by atoms with Crippen LogP contribution < -0.4 is 5.84 Å². The molecular weight excluding hydrogens is 259 g/mol. The molecule has 1 rings (SSSR count). The summed E-state index contributed by atoms with van der Waals surface area (Å²) in [5.74, 6) is 5.96. The summed E-state index contributed by atoms with van der Waals surface area (Å²) in [5, 5.41) is 11.8. The Kier molecular flexibility index (Phi) is 4.81. The molecule has 0 aliphatic rings. The van der Waals surface area contributed by atoms with Crippen LogP contribution in [-0.2, 0) is 13.2 Å². The first-order chi connectivity index (χ1) is 7.75. The van der Waals surface area contributed by atoms with E-state index in [2.05, 4.69) is 0 Å². The van der Waals surface area contributed by atoms with Crippen LogP contribution in [-0.4, -0.2) is 15.7 Å². The quantitative estimate of drug-likeness (QED) is 0.659. The van der Waals surface area contributed by atoms with Gasteiger partial charge in [-0.2, -0.15) is 0 Å². The van der Waals surface area contributed by atoms with E-state index in [0.29, 0.717) is 22.2 Å². The molecule has 0 heterocycles. The number of nitrogens with two attached hydrogens (primary N) is 1. The predicted octanol–water partition coefficient (Wildman–Crippen LogP) is 2.96. The lowest BCUT2D eigenvalue weighted by Gasteiger charge is -2.31. The Morgan fingerprint density at radius 1 is 1.24 bits per heavy atom. The summed E-state index contributed by atoms with van der Waals surface area (Å²) in [5.41, 5.74) is 1.31. The molecule has 0 radical (unpaired) electrons. The normalized spacial score (nSPS) is 12.2. The minimum Gasteiger partial charge on any atom is -0.392 e. The Bertz CT molecular complexity index is 379. The van der Waals surface area contributed by atoms with E-state index in [1.54, 1.807) is 17.1 Å². The first-order valence-electron chi connectivity index (χ1n) is 5.35. The molecule has 0 atom stereocenters. The highest BCUT2D eigenvalue weighted by atomic mass is 35.5. The van der Waals surface area contributed by atoms with Crippen LogP contribution >= 0.6 is 23.2 Å². The van der Waals surface area contributed by atoms with Crippen LogP contribution in [0.2, 0.25) is 10.0 Å². The Morgan fingerprint density at radius 2 is 1.71 bits per heavy atom. The zero-order chi connectivity index (χ0) is 13.2. The van der Waals surface area contributed by atoms with E-state index in [-0.39, 0.29) is 12.1 Å². The van der Waals surface area contributed by atoms with Crippen molar-refractivity contribution in [1.82, 2.24) is 5.01 Å². The average molecular weight is 277 g/mol. The van der Waals surface area contributed by atoms with Crippen LogP contribution in [0, 0.1) is 0 Å². The van der Waals surface area contributed by atoms with E-state index >= 15 is 0 Å². The van der Waals surface area contributed by atoms with Crippen molar-refractivity contribution in [2.45, 2.75) is 39.5 Å². The van der Waals surface area contributed by atoms with Crippen LogP contribution in [0.5, 0.6) is 0 Å². The number of benzene rings is 1. The second-order valence-electron chi connectivity index (χ2n) is 4.99. The zero-order valence-corrected chi connectivity index (χ0v) is 11.8. The Balaban J connectivity index is 3.00. The first-order valence-corrected chi connectivity index (χ1v) is 6.11. The summed E-state index contributed by atoms with van der Waals surface area (Å²) >= 11 is 12.3. The molecule has 1 aromatic rings. The van der Waals surface area contributed by atoms with E-state index in [1.165, 1.54) is 0 Å². The van der Waals surface area contributed by atoms with Crippen LogP contribution in [0.1, 0.15) is 31.9 Å². The van der Waals surface area contributed by atoms with Gasteiger partial charge < -0.3 is 5.11 Å². The Morgan fingerprint density at radius 3 is 2.06 bits per heavy atom. The molecule has 1 aromatic carbocycles. The minimum atomic E-state index is -0.164. The molecule has 0 unspecified atom stereocenters. The van der Waals surface area contributed by atoms with Crippen LogP contribution in [0.25, 0.3) is 0 Å². The molecule has 0 saturated heterocycles. The summed E-state index contributed by atoms with van der Waals surface area (Å²) in [6.45, 7) is 6.42. The maximum Gasteiger partial charge on any atom is 0.0682 e. The molecular formula is C12H18Cl2N2O. The highest BCUT2D eigenvalue weighted by Crippen LogP contribution is 2.28. The van der Waals surface area contributed by atoms with Crippen molar-refractivity contribution in [1.29, 1.82) is 0 Å². The van der Waals surface area contributed by atoms with Crippen molar-refractivity contribution in [2.24, 2.45) is 5.84 Å². The number of hydrogen-bond donors (Lipinski definition) is 2. The van der Waals surface area contributed by atoms with E-state index in [0.717, 1.165) is 5.56 Å². The van der Waals surface area contributed by atoms with Crippen LogP contribution in [0.3, 0.4) is 0 Å². The number of aliphatic hydroxyl groups excluding tert-OH is 1. The third-order valence-corrected chi connectivity index (χ3v) is 3.25. The molecule has 0 saturated carbocycles. The van der Waals surface area contributed by atoms with Crippen molar-refractivity contribution in [3.8, 4) is 0 Å². The third kappa shape index (κ3) is 3.83. The monoisotopic (exact) mass is 276 g/mol. The fourth-order valence-electron chi connectivity index (χ4n) is 1.31. The number of hydrogen-bond acceptors (Lipinski definition) is 3. The van der Waals surface area contributed by atoms with Gasteiger partial charge >= 0.3 is 0 Å². The van der Waals surface area contributed by atoms with Gasteiger partial charge in [-0.3, -0.25) is 5.84 Å². The van der Waals surface area contributed by atoms with Crippen molar-refractivity contribution >= 4 is 23.2 Å². The van der Waals surface area contributed by atoms with Crippen molar-refractivity contribution in [3.63, 3.8) is 0 Å². The molecule has 17 heavy (non-hydrogen) atoms. The summed E-state index contributed by atoms with van der Waals surface area (Å²) in [6.07, 6.45) is 0. The van der Waals surface area contributed by atoms with Crippen molar-refractivity contribution < 1.29 is 5.11 Å². The Labute approximate surface area is 112 Å². The molecule has 5 heteroatoms. The van der Waals surface area contributed by atoms with E-state index in [9.17, 15) is 0 Å². The van der Waals surface area contributed by atoms with Gasteiger partial charge in [-0.05, 0) is 38.5 Å². The standard InChI is InChI=1S/C12H18Cl2N2O/c1-12(2,3)16(15)6-9-10(13)4-8(7-17)5-11(9)14/h4-5,17H,6-7,15H2,1-3H3. The highest BCUT2D eigenvalue weighted by molar-refractivity contribution is 6.36. The SMILES string of the molecule is CC(C)(C)N(N)Cc1c(Cl)cc(CO)cc1Cl. The van der Waals surface area contributed by atoms with Crippen LogP contribution in [0.15, 0.2) is 12.1 Å². The second-order valence-corrected chi connectivity index (χ2v) is 5.81. The average Bonchev–Trinajstić information content (AvgIpc) is 2.21. The third-order valence-electron chi connectivity index (χ3n) is 2.57. The van der Waals surface area contributed by atoms with Gasteiger partial charge in [-0.15, -0.1) is 0 Å². The zero-order valence-electron chi connectivity index (χ0n) is 10.3. The number of nitrogens with zero attached hydrogens (tertiary/aromatic N) is 1. The van der Waals surface area contributed by atoms with Crippen LogP contribution in [0.4, 0.5) is 0 Å². The fourth-order valence-corrected chi connectivity index (χ4v) is 1.96. The lowest BCUT2D eigenvalue weighted by molar-refractivity contribution is 0.130. The molecule has 3 N–H and O–H groups in total. The van der Waals surface area contributed by atoms with Gasteiger partial charge in [-0.1, -0.05) is 23.2 Å². The van der Waals surface area contributed by atoms with Gasteiger partial charge in [-0.25, -0.2) is 5.01 Å². The maximum absolute atomic E-state index is 9.04. The molecule has 0 amide bonds. The number of rotatable bonds is 3. The highest BCUT2D eigenvalue weighted by Gasteiger charge is 2.20. The van der Waals surface area contributed by atoms with E-state index < -0.39 is 0 Å². The lowest BCUT2D eigenvalue weighted by atomic mass is 10.1. The minimum absolute atomic E-state index is 0.0780. The molecule has 3 nitrogen and oxygen atoms in total. The lowest BCUT2D eigenvalue weighted by Crippen LogP contribution is -2.45. The largest absolute Gasteiger partial charge is 0.392 e. The van der Waals surface area contributed by atoms with E-state index in [1.807, 2.05) is 20.8 Å². The summed E-state index contributed by atoms with van der Waals surface area (Å²) in [7, 11) is 0. The van der Waals surface area contributed by atoms with Crippen molar-refractivity contribution in [2.75, 3.05) is 0 Å². The van der Waals surface area contributed by atoms with Gasteiger partial charge in [0.2, 0.25) is 0 Å². The molecule has 0 aliphatic carbocycles. The first kappa shape index (κ1) is 14.7. The molecule has 0 aromatic heterocycles. The summed E-state index contributed by atoms with van der Waals surface area (Å²) in [6, 6.07) is 3.42. The fraction of sp³-hybridized carbons (Fsp3) is 0.500. The number of aliphatic hydroxyl groups is 1. The maximum atomic E-state index is 9.04. The summed E-state index contributed by atoms with van der Waals surface area (Å²) < 4.78 is 0. The van der Waals surface area contributed by atoms with Gasteiger partial charge in [0.25, 0.3) is 0 Å². The predicted molar refractivity (Wildman–Crippen MR) is 71.9 cm³/mol. The van der Waals surface area contributed by atoms with Gasteiger partial charge in [0.1, 0.15) is 0 Å². The smallest absolute Gasteiger partial charge is 0.0682 e. The van der Waals surface area contributed by atoms with Gasteiger partial charge in [0.15, 0.2) is 0 Å². The molecule has 0 bridgehead atoms. The molecule has 96 valence electrons. The molecule has 0 aliphatic heterocycles. The van der Waals surface area contributed by atoms with Gasteiger partial charge in [0.05, 0.1) is 6.61 Å². The molecule has 0 fully saturated rings. The second kappa shape index (κ2) is 5.55.